The van der Waals surface area contributed by atoms with Crippen LogP contribution in [0.15, 0.2) is 53.1 Å². The van der Waals surface area contributed by atoms with E-state index < -0.39 is 5.97 Å². The van der Waals surface area contributed by atoms with E-state index in [0.29, 0.717) is 18.1 Å². The number of para-hydroxylation sites is 1. The first kappa shape index (κ1) is 22.3. The topological polar surface area (TPSA) is 81.4 Å². The van der Waals surface area contributed by atoms with E-state index in [1.165, 1.54) is 0 Å². The van der Waals surface area contributed by atoms with E-state index in [1.807, 2.05) is 56.3 Å². The Hall–Kier alpha value is -3.41. The molecular formula is C25H28N2O4. The van der Waals surface area contributed by atoms with Gasteiger partial charge in [-0.1, -0.05) is 61.9 Å². The fraction of sp³-hybridized carbons (Fsp3) is 0.320. The highest BCUT2D eigenvalue weighted by Crippen LogP contribution is 2.27. The van der Waals surface area contributed by atoms with Gasteiger partial charge >= 0.3 is 5.97 Å². The predicted molar refractivity (Wildman–Crippen MR) is 120 cm³/mol. The first-order valence-corrected chi connectivity index (χ1v) is 10.4. The molecule has 162 valence electrons. The lowest BCUT2D eigenvalue weighted by Crippen LogP contribution is -2.22. The fourth-order valence-corrected chi connectivity index (χ4v) is 3.22. The smallest absolute Gasteiger partial charge is 0.306 e. The number of aryl methyl sites for hydroxylation is 3. The third-order valence-electron chi connectivity index (χ3n) is 4.99. The molecule has 1 N–H and O–H groups in total. The summed E-state index contributed by atoms with van der Waals surface area (Å²) in [6.07, 6.45) is 2.04. The number of ether oxygens (including phenoxy) is 1. The van der Waals surface area contributed by atoms with E-state index in [9.17, 15) is 9.59 Å². The normalized spacial score (nSPS) is 10.9. The molecule has 1 aromatic heterocycles. The summed E-state index contributed by atoms with van der Waals surface area (Å²) in [7, 11) is 0. The SMILES string of the molecule is Cc1ccc(-c2cnc(CCC(=O)OCC(=O)Nc3c(C)cccc3C(C)C)o2)cc1. The zero-order chi connectivity index (χ0) is 22.4. The van der Waals surface area contributed by atoms with Crippen LogP contribution in [0.2, 0.25) is 0 Å². The fourth-order valence-electron chi connectivity index (χ4n) is 3.22. The molecular weight excluding hydrogens is 392 g/mol. The van der Waals surface area contributed by atoms with Gasteiger partial charge < -0.3 is 14.5 Å². The number of esters is 1. The molecule has 0 atom stereocenters. The summed E-state index contributed by atoms with van der Waals surface area (Å²) in [5.41, 5.74) is 4.90. The minimum Gasteiger partial charge on any atom is -0.456 e. The van der Waals surface area contributed by atoms with Gasteiger partial charge in [-0.05, 0) is 30.9 Å². The van der Waals surface area contributed by atoms with Gasteiger partial charge in [0.25, 0.3) is 5.91 Å². The van der Waals surface area contributed by atoms with Gasteiger partial charge in [-0.25, -0.2) is 4.98 Å². The number of aromatic nitrogens is 1. The van der Waals surface area contributed by atoms with Crippen LogP contribution in [0.3, 0.4) is 0 Å². The molecule has 0 saturated heterocycles. The van der Waals surface area contributed by atoms with Gasteiger partial charge in [0.1, 0.15) is 0 Å². The minimum absolute atomic E-state index is 0.0861. The van der Waals surface area contributed by atoms with E-state index in [4.69, 9.17) is 9.15 Å². The molecule has 0 aliphatic rings. The number of hydrogen-bond acceptors (Lipinski definition) is 5. The number of nitrogens with zero attached hydrogens (tertiary/aromatic N) is 1. The summed E-state index contributed by atoms with van der Waals surface area (Å²) >= 11 is 0. The van der Waals surface area contributed by atoms with Gasteiger partial charge in [0.05, 0.1) is 12.6 Å². The second-order valence-corrected chi connectivity index (χ2v) is 7.89. The van der Waals surface area contributed by atoms with Gasteiger partial charge in [-0.15, -0.1) is 0 Å². The molecule has 1 amide bonds. The third-order valence-corrected chi connectivity index (χ3v) is 4.99. The quantitative estimate of drug-likeness (QED) is 0.507. The van der Waals surface area contributed by atoms with Crippen LogP contribution in [0.5, 0.6) is 0 Å². The van der Waals surface area contributed by atoms with Gasteiger partial charge in [0, 0.05) is 17.7 Å². The highest BCUT2D eigenvalue weighted by atomic mass is 16.5. The first-order chi connectivity index (χ1) is 14.8. The molecule has 0 fully saturated rings. The number of nitrogens with one attached hydrogen (secondary N) is 1. The van der Waals surface area contributed by atoms with Crippen molar-refractivity contribution in [1.82, 2.24) is 4.98 Å². The Morgan fingerprint density at radius 2 is 1.84 bits per heavy atom. The number of benzene rings is 2. The predicted octanol–water partition coefficient (Wildman–Crippen LogP) is 5.20. The van der Waals surface area contributed by atoms with Gasteiger partial charge in [0.15, 0.2) is 18.3 Å². The molecule has 0 spiro atoms. The molecule has 0 bridgehead atoms. The third kappa shape index (κ3) is 6.04. The van der Waals surface area contributed by atoms with Crippen molar-refractivity contribution in [3.63, 3.8) is 0 Å². The molecule has 0 saturated carbocycles. The Labute approximate surface area is 182 Å². The number of amides is 1. The first-order valence-electron chi connectivity index (χ1n) is 10.4. The number of rotatable bonds is 8. The highest BCUT2D eigenvalue weighted by molar-refractivity contribution is 5.94. The summed E-state index contributed by atoms with van der Waals surface area (Å²) in [6.45, 7) is 7.76. The van der Waals surface area contributed by atoms with Crippen molar-refractivity contribution in [3.05, 3.63) is 71.2 Å². The number of oxazole rings is 1. The maximum atomic E-state index is 12.3. The summed E-state index contributed by atoms with van der Waals surface area (Å²) in [6, 6.07) is 13.8. The number of carbonyl (C=O) groups excluding carboxylic acids is 2. The lowest BCUT2D eigenvalue weighted by Gasteiger charge is -2.16. The van der Waals surface area contributed by atoms with E-state index >= 15 is 0 Å². The van der Waals surface area contributed by atoms with Crippen molar-refractivity contribution in [2.24, 2.45) is 0 Å². The van der Waals surface area contributed by atoms with Crippen LogP contribution < -0.4 is 5.32 Å². The van der Waals surface area contributed by atoms with E-state index in [-0.39, 0.29) is 24.9 Å². The summed E-state index contributed by atoms with van der Waals surface area (Å²) < 4.78 is 10.8. The molecule has 6 nitrogen and oxygen atoms in total. The van der Waals surface area contributed by atoms with Gasteiger partial charge in [-0.3, -0.25) is 9.59 Å². The van der Waals surface area contributed by atoms with E-state index in [1.54, 1.807) is 6.20 Å². The molecule has 6 heteroatoms. The number of hydrogen-bond donors (Lipinski definition) is 1. The van der Waals surface area contributed by atoms with Crippen LogP contribution >= 0.6 is 0 Å². The second-order valence-electron chi connectivity index (χ2n) is 7.89. The minimum atomic E-state index is -0.473. The maximum absolute atomic E-state index is 12.3. The second kappa shape index (κ2) is 10.1. The van der Waals surface area contributed by atoms with Crippen LogP contribution in [-0.4, -0.2) is 23.5 Å². The molecule has 31 heavy (non-hydrogen) atoms. The van der Waals surface area contributed by atoms with Crippen molar-refractivity contribution in [2.75, 3.05) is 11.9 Å². The zero-order valence-electron chi connectivity index (χ0n) is 18.4. The van der Waals surface area contributed by atoms with E-state index in [0.717, 1.165) is 27.9 Å². The molecule has 0 radical (unpaired) electrons. The van der Waals surface area contributed by atoms with Gasteiger partial charge in [0.2, 0.25) is 0 Å². The Morgan fingerprint density at radius 3 is 2.55 bits per heavy atom. The lowest BCUT2D eigenvalue weighted by atomic mass is 9.98. The van der Waals surface area contributed by atoms with Crippen LogP contribution in [0.1, 0.15) is 48.8 Å². The molecule has 3 rings (SSSR count). The molecule has 0 unspecified atom stereocenters. The molecule has 3 aromatic rings. The standard InChI is InChI=1S/C25H28N2O4/c1-16(2)20-7-5-6-18(4)25(20)27-22(28)15-30-24(29)13-12-23-26-14-21(31-23)19-10-8-17(3)9-11-19/h5-11,14,16H,12-13,15H2,1-4H3,(H,27,28). The van der Waals surface area contributed by atoms with Crippen LogP contribution in [0.4, 0.5) is 5.69 Å². The van der Waals surface area contributed by atoms with Crippen molar-refractivity contribution < 1.29 is 18.7 Å². The van der Waals surface area contributed by atoms with E-state index in [2.05, 4.69) is 24.1 Å². The Morgan fingerprint density at radius 1 is 1.10 bits per heavy atom. The monoisotopic (exact) mass is 420 g/mol. The summed E-state index contributed by atoms with van der Waals surface area (Å²) in [5.74, 6) is 0.546. The molecule has 0 aliphatic heterocycles. The molecule has 0 aliphatic carbocycles. The largest absolute Gasteiger partial charge is 0.456 e. The van der Waals surface area contributed by atoms with Crippen molar-refractivity contribution >= 4 is 17.6 Å². The van der Waals surface area contributed by atoms with Crippen molar-refractivity contribution in [3.8, 4) is 11.3 Å². The number of anilines is 1. The number of carbonyl (C=O) groups is 2. The zero-order valence-corrected chi connectivity index (χ0v) is 18.4. The Bertz CT molecular complexity index is 1050. The van der Waals surface area contributed by atoms with Crippen LogP contribution in [0, 0.1) is 13.8 Å². The Balaban J connectivity index is 1.48. The van der Waals surface area contributed by atoms with Crippen LogP contribution in [-0.2, 0) is 20.7 Å². The summed E-state index contributed by atoms with van der Waals surface area (Å²) in [5, 5.41) is 2.87. The average molecular weight is 421 g/mol. The highest BCUT2D eigenvalue weighted by Gasteiger charge is 2.14. The van der Waals surface area contributed by atoms with Crippen molar-refractivity contribution in [2.45, 2.75) is 46.5 Å². The van der Waals surface area contributed by atoms with Crippen molar-refractivity contribution in [1.29, 1.82) is 0 Å². The summed E-state index contributed by atoms with van der Waals surface area (Å²) in [4.78, 5) is 28.6. The average Bonchev–Trinajstić information content (AvgIpc) is 3.21. The molecule has 2 aromatic carbocycles. The van der Waals surface area contributed by atoms with Crippen LogP contribution in [0.25, 0.3) is 11.3 Å². The maximum Gasteiger partial charge on any atom is 0.306 e. The van der Waals surface area contributed by atoms with Gasteiger partial charge in [-0.2, -0.15) is 0 Å². The lowest BCUT2D eigenvalue weighted by molar-refractivity contribution is -0.147. The Kier molecular flexibility index (Phi) is 7.23. The molecule has 1 heterocycles.